The quantitative estimate of drug-likeness (QED) is 0.630. The number of ketones is 1. The monoisotopic (exact) mass is 204 g/mol. The summed E-state index contributed by atoms with van der Waals surface area (Å²) in [6, 6.07) is 0. The average Bonchev–Trinajstić information content (AvgIpc) is 2.14. The van der Waals surface area contributed by atoms with Crippen molar-refractivity contribution in [2.45, 2.75) is 45.4 Å². The Morgan fingerprint density at radius 2 is 1.47 bits per heavy atom. The van der Waals surface area contributed by atoms with Gasteiger partial charge in [0, 0.05) is 5.41 Å². The second-order valence-corrected chi connectivity index (χ2v) is 6.31. The summed E-state index contributed by atoms with van der Waals surface area (Å²) in [5, 5.41) is 0. The van der Waals surface area contributed by atoms with E-state index >= 15 is 0 Å². The Kier molecular flexibility index (Phi) is 1.90. The molecule has 82 valence electrons. The maximum absolute atomic E-state index is 12.3. The van der Waals surface area contributed by atoms with Crippen LogP contribution in [0.4, 0.5) is 0 Å². The van der Waals surface area contributed by atoms with Gasteiger partial charge in [0.25, 0.3) is 0 Å². The molecule has 4 rings (SSSR count). The van der Waals surface area contributed by atoms with E-state index < -0.39 is 0 Å². The van der Waals surface area contributed by atoms with Crippen molar-refractivity contribution in [2.24, 2.45) is 23.2 Å². The Morgan fingerprint density at radius 1 is 1.07 bits per heavy atom. The maximum atomic E-state index is 12.3. The predicted molar refractivity (Wildman–Crippen MR) is 60.4 cm³/mol. The Labute approximate surface area is 91.9 Å². The van der Waals surface area contributed by atoms with Gasteiger partial charge in [0.15, 0.2) is 5.78 Å². The van der Waals surface area contributed by atoms with Gasteiger partial charge in [-0.05, 0) is 68.8 Å². The normalized spacial score (nSPS) is 46.9. The van der Waals surface area contributed by atoms with Crippen LogP contribution in [0.3, 0.4) is 0 Å². The number of allylic oxidation sites excluding steroid dienone is 1. The van der Waals surface area contributed by atoms with Crippen LogP contribution < -0.4 is 0 Å². The first-order valence-corrected chi connectivity index (χ1v) is 6.29. The van der Waals surface area contributed by atoms with Gasteiger partial charge in [-0.2, -0.15) is 0 Å². The number of carbonyl (C=O) groups is 1. The summed E-state index contributed by atoms with van der Waals surface area (Å²) in [4.78, 5) is 12.3. The van der Waals surface area contributed by atoms with E-state index in [4.69, 9.17) is 0 Å². The molecule has 0 aromatic rings. The smallest absolute Gasteiger partial charge is 0.164 e. The van der Waals surface area contributed by atoms with Gasteiger partial charge in [-0.25, -0.2) is 0 Å². The third-order valence-corrected chi connectivity index (χ3v) is 4.91. The molecule has 1 nitrogen and oxygen atoms in total. The molecule has 0 radical (unpaired) electrons. The molecule has 0 heterocycles. The molecule has 4 aliphatic rings. The molecule has 0 atom stereocenters. The molecule has 0 N–H and O–H groups in total. The fraction of sp³-hybridized carbons (Fsp3) is 0.786. The second kappa shape index (κ2) is 2.96. The van der Waals surface area contributed by atoms with Gasteiger partial charge in [-0.15, -0.1) is 0 Å². The number of carbonyl (C=O) groups excluding carboxylic acids is 1. The molecule has 0 aliphatic heterocycles. The van der Waals surface area contributed by atoms with E-state index in [-0.39, 0.29) is 5.41 Å². The minimum absolute atomic E-state index is 0.0422. The van der Waals surface area contributed by atoms with Crippen LogP contribution >= 0.6 is 0 Å². The SMILES string of the molecule is C=C(C)C(=O)C12CC3CC(CC(C3)C1)C2. The van der Waals surface area contributed by atoms with Crippen LogP contribution in [0.5, 0.6) is 0 Å². The van der Waals surface area contributed by atoms with Crippen molar-refractivity contribution in [3.63, 3.8) is 0 Å². The Hall–Kier alpha value is -0.590. The van der Waals surface area contributed by atoms with Gasteiger partial charge >= 0.3 is 0 Å². The van der Waals surface area contributed by atoms with Crippen molar-refractivity contribution in [3.05, 3.63) is 12.2 Å². The third-order valence-electron chi connectivity index (χ3n) is 4.91. The molecule has 4 bridgehead atoms. The van der Waals surface area contributed by atoms with Gasteiger partial charge < -0.3 is 0 Å². The maximum Gasteiger partial charge on any atom is 0.164 e. The van der Waals surface area contributed by atoms with Crippen molar-refractivity contribution in [2.75, 3.05) is 0 Å². The van der Waals surface area contributed by atoms with Crippen LogP contribution in [0.2, 0.25) is 0 Å². The number of rotatable bonds is 2. The van der Waals surface area contributed by atoms with Crippen LogP contribution in [-0.2, 0) is 4.79 Å². The molecule has 1 heteroatoms. The van der Waals surface area contributed by atoms with E-state index in [1.165, 1.54) is 38.5 Å². The van der Waals surface area contributed by atoms with Crippen molar-refractivity contribution >= 4 is 5.78 Å². The largest absolute Gasteiger partial charge is 0.294 e. The van der Waals surface area contributed by atoms with Crippen LogP contribution in [-0.4, -0.2) is 5.78 Å². The van der Waals surface area contributed by atoms with E-state index in [9.17, 15) is 4.79 Å². The minimum Gasteiger partial charge on any atom is -0.294 e. The van der Waals surface area contributed by atoms with Crippen molar-refractivity contribution in [3.8, 4) is 0 Å². The van der Waals surface area contributed by atoms with E-state index in [1.807, 2.05) is 6.92 Å². The van der Waals surface area contributed by atoms with Crippen LogP contribution in [0.15, 0.2) is 12.2 Å². The standard InChI is InChI=1S/C14H20O/c1-9(2)13(15)14-6-10-3-11(7-14)5-12(4-10)8-14/h10-12H,1,3-8H2,2H3. The molecule has 15 heavy (non-hydrogen) atoms. The van der Waals surface area contributed by atoms with Crippen LogP contribution in [0, 0.1) is 23.2 Å². The molecule has 4 fully saturated rings. The van der Waals surface area contributed by atoms with Crippen molar-refractivity contribution in [1.82, 2.24) is 0 Å². The summed E-state index contributed by atoms with van der Waals surface area (Å²) < 4.78 is 0. The summed E-state index contributed by atoms with van der Waals surface area (Å²) in [5.74, 6) is 2.97. The summed E-state index contributed by atoms with van der Waals surface area (Å²) in [7, 11) is 0. The number of hydrogen-bond acceptors (Lipinski definition) is 1. The molecular formula is C14H20O. The van der Waals surface area contributed by atoms with E-state index in [0.29, 0.717) is 5.78 Å². The van der Waals surface area contributed by atoms with Crippen LogP contribution in [0.25, 0.3) is 0 Å². The molecule has 0 unspecified atom stereocenters. The highest BCUT2D eigenvalue weighted by Gasteiger charge is 2.54. The van der Waals surface area contributed by atoms with E-state index in [2.05, 4.69) is 6.58 Å². The van der Waals surface area contributed by atoms with Crippen LogP contribution in [0.1, 0.15) is 45.4 Å². The van der Waals surface area contributed by atoms with Gasteiger partial charge in [0.05, 0.1) is 0 Å². The van der Waals surface area contributed by atoms with Gasteiger partial charge in [0.1, 0.15) is 0 Å². The van der Waals surface area contributed by atoms with Gasteiger partial charge in [-0.1, -0.05) is 6.58 Å². The zero-order valence-corrected chi connectivity index (χ0v) is 9.59. The second-order valence-electron chi connectivity index (χ2n) is 6.31. The average molecular weight is 204 g/mol. The topological polar surface area (TPSA) is 17.1 Å². The van der Waals surface area contributed by atoms with Crippen molar-refractivity contribution in [1.29, 1.82) is 0 Å². The first-order chi connectivity index (χ1) is 7.09. The zero-order chi connectivity index (χ0) is 10.6. The summed E-state index contributed by atoms with van der Waals surface area (Å²) in [6.07, 6.45) is 7.73. The zero-order valence-electron chi connectivity index (χ0n) is 9.59. The molecule has 4 saturated carbocycles. The van der Waals surface area contributed by atoms with Gasteiger partial charge in [0.2, 0.25) is 0 Å². The lowest BCUT2D eigenvalue weighted by Gasteiger charge is -2.56. The fourth-order valence-electron chi connectivity index (χ4n) is 4.84. The molecule has 0 amide bonds. The summed E-state index contributed by atoms with van der Waals surface area (Å²) in [6.45, 7) is 5.75. The van der Waals surface area contributed by atoms with Crippen molar-refractivity contribution < 1.29 is 4.79 Å². The van der Waals surface area contributed by atoms with E-state index in [0.717, 1.165) is 23.3 Å². The Balaban J connectivity index is 1.93. The molecule has 0 aromatic carbocycles. The van der Waals surface area contributed by atoms with E-state index in [1.54, 1.807) is 0 Å². The number of Topliss-reactive ketones (excluding diaryl/α,β-unsaturated/α-hetero) is 1. The lowest BCUT2D eigenvalue weighted by Crippen LogP contribution is -2.50. The highest BCUT2D eigenvalue weighted by Crippen LogP contribution is 2.60. The lowest BCUT2D eigenvalue weighted by atomic mass is 9.48. The third kappa shape index (κ3) is 1.32. The lowest BCUT2D eigenvalue weighted by molar-refractivity contribution is -0.139. The first-order valence-electron chi connectivity index (χ1n) is 6.29. The number of hydrogen-bond donors (Lipinski definition) is 0. The molecular weight excluding hydrogens is 184 g/mol. The molecule has 0 spiro atoms. The highest BCUT2D eigenvalue weighted by molar-refractivity contribution is 5.99. The first kappa shape index (κ1) is 9.62. The molecule has 4 aliphatic carbocycles. The molecule has 0 aromatic heterocycles. The van der Waals surface area contributed by atoms with Gasteiger partial charge in [-0.3, -0.25) is 4.79 Å². The summed E-state index contributed by atoms with van der Waals surface area (Å²) in [5.41, 5.74) is 0.831. The molecule has 0 saturated heterocycles. The summed E-state index contributed by atoms with van der Waals surface area (Å²) >= 11 is 0. The fourth-order valence-corrected chi connectivity index (χ4v) is 4.84. The predicted octanol–water partition coefficient (Wildman–Crippen LogP) is 3.35. The Morgan fingerprint density at radius 3 is 1.80 bits per heavy atom. The minimum atomic E-state index is 0.0422. The Bertz CT molecular complexity index is 291. The highest BCUT2D eigenvalue weighted by atomic mass is 16.1.